The molecule has 5 aromatic rings. The van der Waals surface area contributed by atoms with Gasteiger partial charge in [0.15, 0.2) is 5.82 Å². The first-order chi connectivity index (χ1) is 32.8. The Morgan fingerprint density at radius 2 is 1.66 bits per heavy atom. The molecule has 5 aliphatic heterocycles. The Labute approximate surface area is 394 Å². The van der Waals surface area contributed by atoms with E-state index in [1.165, 1.54) is 4.57 Å². The predicted octanol–water partition coefficient (Wildman–Crippen LogP) is 5.21. The van der Waals surface area contributed by atoms with Crippen molar-refractivity contribution in [1.82, 2.24) is 48.4 Å². The number of nitrogens with one attached hydrogen (secondary N) is 1. The Morgan fingerprint density at radius 3 is 2.38 bits per heavy atom. The number of aryl methyl sites for hydroxylation is 3. The van der Waals surface area contributed by atoms with Crippen molar-refractivity contribution >= 4 is 46.2 Å². The zero-order valence-electron chi connectivity index (χ0n) is 39.3. The van der Waals surface area contributed by atoms with Crippen LogP contribution in [0, 0.1) is 0 Å². The number of aromatic nitrogens is 5. The second-order valence-electron chi connectivity index (χ2n) is 19.4. The largest absolute Gasteiger partial charge is 0.357 e. The zero-order chi connectivity index (χ0) is 47.4. The molecule has 0 spiro atoms. The molecule has 0 aliphatic carbocycles. The molecule has 10 rings (SSSR count). The topological polar surface area (TPSA) is 146 Å². The van der Waals surface area contributed by atoms with Gasteiger partial charge in [-0.15, -0.1) is 0 Å². The van der Waals surface area contributed by atoms with Gasteiger partial charge in [0.05, 0.1) is 23.6 Å². The highest BCUT2D eigenvalue weighted by molar-refractivity contribution is 6.00. The highest BCUT2D eigenvalue weighted by Crippen LogP contribution is 2.44. The van der Waals surface area contributed by atoms with E-state index in [0.29, 0.717) is 69.6 Å². The zero-order valence-corrected chi connectivity index (χ0v) is 39.3. The Hall–Kier alpha value is -6.14. The normalized spacial score (nSPS) is 19.8. The summed E-state index contributed by atoms with van der Waals surface area (Å²) in [6.45, 7) is 9.44. The van der Waals surface area contributed by atoms with Crippen molar-refractivity contribution in [3.05, 3.63) is 87.2 Å². The summed E-state index contributed by atoms with van der Waals surface area (Å²) in [6.07, 6.45) is 6.62. The highest BCUT2D eigenvalue weighted by atomic mass is 19.3. The smallest absolute Gasteiger partial charge is 0.329 e. The number of rotatable bonds is 11. The maximum absolute atomic E-state index is 14.8. The van der Waals surface area contributed by atoms with Crippen molar-refractivity contribution in [2.45, 2.75) is 96.3 Å². The summed E-state index contributed by atoms with van der Waals surface area (Å²) in [7, 11) is 3.62. The van der Waals surface area contributed by atoms with E-state index in [2.05, 4.69) is 24.7 Å². The monoisotopic (exact) mass is 933 g/mol. The van der Waals surface area contributed by atoms with Gasteiger partial charge in [-0.05, 0) is 91.6 Å². The molecule has 3 aromatic heterocycles. The lowest BCUT2D eigenvalue weighted by atomic mass is 9.92. The van der Waals surface area contributed by atoms with E-state index in [1.807, 2.05) is 64.1 Å². The van der Waals surface area contributed by atoms with Crippen molar-refractivity contribution in [2.75, 3.05) is 63.8 Å². The van der Waals surface area contributed by atoms with E-state index >= 15 is 0 Å². The molecule has 8 heterocycles. The number of imidazole rings is 1. The SMILES string of the molecule is CC(=O)N1CCc2c(c(N3CCCc4cc(-c5ccn(C)c5)c(C(F)F)cc43)nn2C2CCN(C(=O)CCCN3CCN(Cc4cccc5c4n(C)c(=O)n5C4CCC(=O)NC4=O)CC3)CC2)C1. The van der Waals surface area contributed by atoms with Crippen molar-refractivity contribution in [2.24, 2.45) is 14.1 Å². The summed E-state index contributed by atoms with van der Waals surface area (Å²) in [5, 5.41) is 7.68. The van der Waals surface area contributed by atoms with Crippen LogP contribution in [0.25, 0.3) is 22.2 Å². The first kappa shape index (κ1) is 45.6. The van der Waals surface area contributed by atoms with Crippen LogP contribution in [-0.4, -0.2) is 126 Å². The number of amides is 4. The van der Waals surface area contributed by atoms with E-state index in [-0.39, 0.29) is 41.4 Å². The van der Waals surface area contributed by atoms with Crippen LogP contribution in [0.3, 0.4) is 0 Å². The number of likely N-dealkylation sites (tertiary alicyclic amines) is 1. The van der Waals surface area contributed by atoms with Gasteiger partial charge < -0.3 is 24.2 Å². The lowest BCUT2D eigenvalue weighted by Gasteiger charge is -2.35. The molecule has 360 valence electrons. The Balaban J connectivity index is 0.752. The highest BCUT2D eigenvalue weighted by Gasteiger charge is 2.36. The Bertz CT molecular complexity index is 2830. The molecule has 3 saturated heterocycles. The molecule has 0 saturated carbocycles. The summed E-state index contributed by atoms with van der Waals surface area (Å²) in [4.78, 5) is 74.9. The van der Waals surface area contributed by atoms with Gasteiger partial charge in [0.2, 0.25) is 23.6 Å². The van der Waals surface area contributed by atoms with Gasteiger partial charge >= 0.3 is 5.69 Å². The molecule has 16 nitrogen and oxygen atoms in total. The van der Waals surface area contributed by atoms with Crippen molar-refractivity contribution in [3.63, 3.8) is 0 Å². The van der Waals surface area contributed by atoms with Crippen LogP contribution in [0.5, 0.6) is 0 Å². The van der Waals surface area contributed by atoms with E-state index in [1.54, 1.807) is 24.6 Å². The van der Waals surface area contributed by atoms with Crippen molar-refractivity contribution < 1.29 is 28.0 Å². The lowest BCUT2D eigenvalue weighted by molar-refractivity contribution is -0.136. The van der Waals surface area contributed by atoms with E-state index in [0.717, 1.165) is 110 Å². The number of piperidine rings is 2. The molecule has 0 radical (unpaired) electrons. The van der Waals surface area contributed by atoms with Crippen LogP contribution >= 0.6 is 0 Å². The van der Waals surface area contributed by atoms with Gasteiger partial charge in [-0.1, -0.05) is 12.1 Å². The average molecular weight is 934 g/mol. The van der Waals surface area contributed by atoms with Crippen LogP contribution in [-0.2, 0) is 59.2 Å². The summed E-state index contributed by atoms with van der Waals surface area (Å²) >= 11 is 0. The van der Waals surface area contributed by atoms with E-state index in [4.69, 9.17) is 5.10 Å². The summed E-state index contributed by atoms with van der Waals surface area (Å²) in [6, 6.07) is 10.6. The lowest BCUT2D eigenvalue weighted by Crippen LogP contribution is -2.46. The van der Waals surface area contributed by atoms with Gasteiger partial charge in [-0.25, -0.2) is 13.6 Å². The number of alkyl halides is 2. The van der Waals surface area contributed by atoms with Gasteiger partial charge in [0, 0.05) is 134 Å². The molecule has 2 aromatic carbocycles. The second-order valence-corrected chi connectivity index (χ2v) is 19.4. The number of hydrogen-bond acceptors (Lipinski definition) is 9. The summed E-state index contributed by atoms with van der Waals surface area (Å²) in [5.74, 6) is 0.147. The fraction of sp³-hybridized carbons (Fsp3) is 0.520. The number of nitrogens with zero attached hydrogens (tertiary/aromatic N) is 10. The standard InChI is InChI=1S/C50H61F2N11O5/c1-32(64)60-22-16-40-39(31-60)48(61-18-5-8-33-27-37(34-13-19-55(2)29-34)38(47(51)52)28-43(33)61)54-63(40)36-14-20-59(21-15-36)45(66)10-6-17-57-23-25-58(26-24-57)30-35-7-4-9-41-46(35)56(3)50(68)62(41)42-11-12-44(65)53-49(42)67/h4,7,9,13,19,27-29,36,42,47H,5-6,8,10-12,14-18,20-26,30-31H2,1-3H3,(H,53,65,67). The molecular weight excluding hydrogens is 873 g/mol. The van der Waals surface area contributed by atoms with E-state index in [9.17, 15) is 32.8 Å². The number of carbonyl (C=O) groups excluding carboxylic acids is 4. The predicted molar refractivity (Wildman–Crippen MR) is 253 cm³/mol. The molecule has 5 aliphatic rings. The third-order valence-electron chi connectivity index (χ3n) is 15.1. The minimum absolute atomic E-state index is 0.000608. The molecule has 4 amide bonds. The van der Waals surface area contributed by atoms with Gasteiger partial charge in [-0.3, -0.25) is 43.2 Å². The minimum atomic E-state index is -2.65. The maximum atomic E-state index is 14.8. The Morgan fingerprint density at radius 1 is 0.882 bits per heavy atom. The fourth-order valence-electron chi connectivity index (χ4n) is 11.4. The van der Waals surface area contributed by atoms with Crippen LogP contribution in [0.15, 0.2) is 53.6 Å². The molecule has 1 atom stereocenters. The third-order valence-corrected chi connectivity index (χ3v) is 15.1. The van der Waals surface area contributed by atoms with Gasteiger partial charge in [0.1, 0.15) is 6.04 Å². The number of halogens is 2. The number of anilines is 2. The second kappa shape index (κ2) is 18.7. The third kappa shape index (κ3) is 8.65. The molecule has 1 unspecified atom stereocenters. The molecule has 0 bridgehead atoms. The fourth-order valence-corrected chi connectivity index (χ4v) is 11.4. The summed E-state index contributed by atoms with van der Waals surface area (Å²) < 4.78 is 36.7. The van der Waals surface area contributed by atoms with Gasteiger partial charge in [-0.2, -0.15) is 5.10 Å². The van der Waals surface area contributed by atoms with Crippen LogP contribution in [0.2, 0.25) is 0 Å². The van der Waals surface area contributed by atoms with Crippen molar-refractivity contribution in [1.29, 1.82) is 0 Å². The van der Waals surface area contributed by atoms with Crippen LogP contribution in [0.1, 0.15) is 98.3 Å². The number of benzene rings is 2. The van der Waals surface area contributed by atoms with Crippen molar-refractivity contribution in [3.8, 4) is 11.1 Å². The number of hydrogen-bond donors (Lipinski definition) is 1. The average Bonchev–Trinajstić information content (AvgIpc) is 4.02. The number of para-hydroxylation sites is 1. The Kier molecular flexibility index (Phi) is 12.6. The first-order valence-electron chi connectivity index (χ1n) is 24.3. The van der Waals surface area contributed by atoms with Crippen LogP contribution in [0.4, 0.5) is 20.3 Å². The molecular formula is C50H61F2N11O5. The number of piperazine rings is 1. The molecule has 18 heteroatoms. The molecule has 3 fully saturated rings. The van der Waals surface area contributed by atoms with Crippen LogP contribution < -0.4 is 15.9 Å². The quantitative estimate of drug-likeness (QED) is 0.177. The number of imide groups is 1. The number of fused-ring (bicyclic) bond motifs is 3. The maximum Gasteiger partial charge on any atom is 0.329 e. The first-order valence-corrected chi connectivity index (χ1v) is 24.3. The molecule has 68 heavy (non-hydrogen) atoms. The minimum Gasteiger partial charge on any atom is -0.357 e. The van der Waals surface area contributed by atoms with E-state index < -0.39 is 18.4 Å². The summed E-state index contributed by atoms with van der Waals surface area (Å²) in [5.41, 5.74) is 7.40. The van der Waals surface area contributed by atoms with Gasteiger partial charge in [0.25, 0.3) is 6.43 Å². The number of carbonyl (C=O) groups is 4. The molecule has 1 N–H and O–H groups in total.